The summed E-state index contributed by atoms with van der Waals surface area (Å²) in [5.41, 5.74) is 0.379. The molecule has 2 aliphatic heterocycles. The van der Waals surface area contributed by atoms with E-state index in [2.05, 4.69) is 10.1 Å². The molecule has 1 aromatic heterocycles. The molecule has 2 aliphatic rings. The van der Waals surface area contributed by atoms with Crippen molar-refractivity contribution >= 4 is 5.78 Å². The van der Waals surface area contributed by atoms with Crippen LogP contribution in [0.25, 0.3) is 0 Å². The third-order valence-electron chi connectivity index (χ3n) is 4.82. The minimum atomic E-state index is -1.19. The Morgan fingerprint density at radius 3 is 2.87 bits per heavy atom. The molecule has 0 spiro atoms. The second-order valence-electron chi connectivity index (χ2n) is 6.56. The maximum Gasteiger partial charge on any atom is 0.218 e. The van der Waals surface area contributed by atoms with E-state index in [0.29, 0.717) is 26.1 Å². The van der Waals surface area contributed by atoms with Gasteiger partial charge in [-0.05, 0) is 18.9 Å². The van der Waals surface area contributed by atoms with Gasteiger partial charge in [0, 0.05) is 13.0 Å². The van der Waals surface area contributed by atoms with Crippen molar-refractivity contribution in [3.63, 3.8) is 0 Å². The van der Waals surface area contributed by atoms with E-state index in [1.807, 2.05) is 37.3 Å². The van der Waals surface area contributed by atoms with Crippen LogP contribution in [0.15, 0.2) is 30.3 Å². The summed E-state index contributed by atoms with van der Waals surface area (Å²) in [6, 6.07) is 9.44. The first-order chi connectivity index (χ1) is 11.1. The highest BCUT2D eigenvalue weighted by atomic mass is 19.1. The lowest BCUT2D eigenvalue weighted by molar-refractivity contribution is 0.0766. The highest BCUT2D eigenvalue weighted by Gasteiger charge is 2.42. The van der Waals surface area contributed by atoms with Crippen LogP contribution in [-0.2, 0) is 4.74 Å². The zero-order valence-corrected chi connectivity index (χ0v) is 12.9. The summed E-state index contributed by atoms with van der Waals surface area (Å²) in [4.78, 5) is 16.9. The van der Waals surface area contributed by atoms with Crippen LogP contribution >= 0.6 is 0 Å². The number of fused-ring (bicyclic) bond motifs is 1. The first kappa shape index (κ1) is 14.5. The van der Waals surface area contributed by atoms with E-state index in [-0.39, 0.29) is 23.5 Å². The zero-order chi connectivity index (χ0) is 16.0. The van der Waals surface area contributed by atoms with Gasteiger partial charge in [0.1, 0.15) is 0 Å². The van der Waals surface area contributed by atoms with Gasteiger partial charge in [0.15, 0.2) is 12.0 Å². The number of nitrogens with zero attached hydrogens (tertiary/aromatic N) is 3. The standard InChI is InChI=1S/C17H18FN3O2/c1-17(7-8-23-10-17)14(22)15-19-16-12(18)9-13(21(16)20-15)11-5-3-2-4-6-11/h2-6,12-13H,7-10H2,1H3/t12-,13-,17-/m0/s1. The highest BCUT2D eigenvalue weighted by molar-refractivity contribution is 5.97. The Morgan fingerprint density at radius 2 is 2.17 bits per heavy atom. The van der Waals surface area contributed by atoms with Crippen molar-refractivity contribution in [1.82, 2.24) is 14.8 Å². The van der Waals surface area contributed by atoms with Gasteiger partial charge in [0.25, 0.3) is 0 Å². The molecule has 3 heterocycles. The van der Waals surface area contributed by atoms with Gasteiger partial charge < -0.3 is 4.74 Å². The Labute approximate surface area is 133 Å². The van der Waals surface area contributed by atoms with Crippen molar-refractivity contribution in [3.8, 4) is 0 Å². The van der Waals surface area contributed by atoms with Crippen LogP contribution in [0.1, 0.15) is 54.0 Å². The molecule has 23 heavy (non-hydrogen) atoms. The maximum absolute atomic E-state index is 14.3. The number of ketones is 1. The van der Waals surface area contributed by atoms with Crippen LogP contribution in [0, 0.1) is 5.41 Å². The highest BCUT2D eigenvalue weighted by Crippen LogP contribution is 2.40. The predicted octanol–water partition coefficient (Wildman–Crippen LogP) is 2.89. The van der Waals surface area contributed by atoms with E-state index in [9.17, 15) is 9.18 Å². The predicted molar refractivity (Wildman–Crippen MR) is 80.9 cm³/mol. The van der Waals surface area contributed by atoms with E-state index in [0.717, 1.165) is 5.56 Å². The molecule has 0 unspecified atom stereocenters. The molecule has 0 amide bonds. The monoisotopic (exact) mass is 315 g/mol. The fourth-order valence-corrected chi connectivity index (χ4v) is 3.34. The maximum atomic E-state index is 14.3. The molecule has 5 nitrogen and oxygen atoms in total. The third kappa shape index (κ3) is 2.28. The lowest BCUT2D eigenvalue weighted by Crippen LogP contribution is -2.29. The lowest BCUT2D eigenvalue weighted by Gasteiger charge is -2.17. The number of hydrogen-bond donors (Lipinski definition) is 0. The van der Waals surface area contributed by atoms with Gasteiger partial charge in [-0.2, -0.15) is 0 Å². The first-order valence-corrected chi connectivity index (χ1v) is 7.86. The smallest absolute Gasteiger partial charge is 0.218 e. The van der Waals surface area contributed by atoms with Crippen molar-refractivity contribution in [3.05, 3.63) is 47.5 Å². The number of carbonyl (C=O) groups excluding carboxylic acids is 1. The summed E-state index contributed by atoms with van der Waals surface area (Å²) in [5.74, 6) is 0.205. The Hall–Kier alpha value is -2.08. The molecular weight excluding hydrogens is 297 g/mol. The number of benzene rings is 1. The zero-order valence-electron chi connectivity index (χ0n) is 12.9. The van der Waals surface area contributed by atoms with Crippen molar-refractivity contribution in [1.29, 1.82) is 0 Å². The summed E-state index contributed by atoms with van der Waals surface area (Å²) in [6.45, 7) is 2.79. The van der Waals surface area contributed by atoms with Crippen molar-refractivity contribution in [2.24, 2.45) is 5.41 Å². The van der Waals surface area contributed by atoms with Gasteiger partial charge in [-0.3, -0.25) is 4.79 Å². The first-order valence-electron chi connectivity index (χ1n) is 7.86. The minimum Gasteiger partial charge on any atom is -0.380 e. The molecule has 3 atom stereocenters. The molecule has 2 aromatic rings. The molecule has 1 saturated heterocycles. The number of aromatic nitrogens is 3. The van der Waals surface area contributed by atoms with E-state index >= 15 is 0 Å². The Bertz CT molecular complexity index is 738. The molecule has 0 saturated carbocycles. The Kier molecular flexibility index (Phi) is 3.30. The number of halogens is 1. The van der Waals surface area contributed by atoms with Crippen molar-refractivity contribution < 1.29 is 13.9 Å². The average Bonchev–Trinajstić information content (AvgIpc) is 3.25. The third-order valence-corrected chi connectivity index (χ3v) is 4.82. The van der Waals surface area contributed by atoms with E-state index in [1.165, 1.54) is 0 Å². The SMILES string of the molecule is C[C@]1(C(=O)c2nc3n(n2)[C@H](c2ccccc2)C[C@@H]3F)CCOC1. The van der Waals surface area contributed by atoms with Gasteiger partial charge in [0.2, 0.25) is 11.6 Å². The van der Waals surface area contributed by atoms with Gasteiger partial charge in [-0.15, -0.1) is 5.10 Å². The quantitative estimate of drug-likeness (QED) is 0.817. The van der Waals surface area contributed by atoms with Crippen LogP contribution < -0.4 is 0 Å². The molecule has 120 valence electrons. The molecule has 0 N–H and O–H groups in total. The van der Waals surface area contributed by atoms with Crippen LogP contribution in [0.4, 0.5) is 4.39 Å². The molecule has 1 fully saturated rings. The number of carbonyl (C=O) groups is 1. The second-order valence-corrected chi connectivity index (χ2v) is 6.56. The topological polar surface area (TPSA) is 57.0 Å². The van der Waals surface area contributed by atoms with Crippen LogP contribution in [0.3, 0.4) is 0 Å². The average molecular weight is 315 g/mol. The fraction of sp³-hybridized carbons (Fsp3) is 0.471. The summed E-state index contributed by atoms with van der Waals surface area (Å²) < 4.78 is 21.3. The molecular formula is C17H18FN3O2. The molecule has 6 heteroatoms. The summed E-state index contributed by atoms with van der Waals surface area (Å²) in [5, 5.41) is 4.35. The van der Waals surface area contributed by atoms with E-state index in [1.54, 1.807) is 4.68 Å². The summed E-state index contributed by atoms with van der Waals surface area (Å²) >= 11 is 0. The number of hydrogen-bond acceptors (Lipinski definition) is 4. The number of alkyl halides is 1. The summed E-state index contributed by atoms with van der Waals surface area (Å²) in [6.07, 6.45) is -0.229. The molecule has 1 aromatic carbocycles. The van der Waals surface area contributed by atoms with E-state index in [4.69, 9.17) is 4.74 Å². The van der Waals surface area contributed by atoms with E-state index < -0.39 is 11.6 Å². The number of rotatable bonds is 3. The molecule has 0 radical (unpaired) electrons. The number of Topliss-reactive ketones (excluding diaryl/α,β-unsaturated/α-hetero) is 1. The van der Waals surface area contributed by atoms with Gasteiger partial charge in [-0.1, -0.05) is 30.3 Å². The Morgan fingerprint density at radius 1 is 1.39 bits per heavy atom. The van der Waals surface area contributed by atoms with Crippen molar-refractivity contribution in [2.45, 2.75) is 32.0 Å². The van der Waals surface area contributed by atoms with Gasteiger partial charge in [0.05, 0.1) is 18.1 Å². The van der Waals surface area contributed by atoms with Crippen LogP contribution in [0.5, 0.6) is 0 Å². The molecule has 0 bridgehead atoms. The second kappa shape index (κ2) is 5.23. The van der Waals surface area contributed by atoms with Crippen LogP contribution in [0.2, 0.25) is 0 Å². The van der Waals surface area contributed by atoms with Crippen LogP contribution in [-0.4, -0.2) is 33.8 Å². The Balaban J connectivity index is 1.69. The molecule has 4 rings (SSSR count). The number of ether oxygens (including phenoxy) is 1. The normalized spacial score (nSPS) is 29.7. The van der Waals surface area contributed by atoms with Crippen molar-refractivity contribution in [2.75, 3.05) is 13.2 Å². The van der Waals surface area contributed by atoms with Gasteiger partial charge in [-0.25, -0.2) is 14.1 Å². The lowest BCUT2D eigenvalue weighted by atomic mass is 9.85. The molecule has 0 aliphatic carbocycles. The fourth-order valence-electron chi connectivity index (χ4n) is 3.34. The summed E-state index contributed by atoms with van der Waals surface area (Å²) in [7, 11) is 0. The minimum absolute atomic E-state index is 0.108. The largest absolute Gasteiger partial charge is 0.380 e. The van der Waals surface area contributed by atoms with Gasteiger partial charge >= 0.3 is 0 Å².